The normalized spacial score (nSPS) is 27.0. The largest absolute Gasteiger partial charge is 0.497 e. The molecule has 1 aromatic carbocycles. The maximum Gasteiger partial charge on any atom is 0.123 e. The van der Waals surface area contributed by atoms with E-state index in [1.165, 1.54) is 0 Å². The third-order valence-corrected chi connectivity index (χ3v) is 4.93. The van der Waals surface area contributed by atoms with Gasteiger partial charge in [0.1, 0.15) is 17.6 Å². The van der Waals surface area contributed by atoms with Crippen molar-refractivity contribution >= 4 is 15.9 Å². The first-order valence-corrected chi connectivity index (χ1v) is 6.40. The molecule has 2 rings (SSSR count). The summed E-state index contributed by atoms with van der Waals surface area (Å²) in [6.45, 7) is 4.45. The van der Waals surface area contributed by atoms with Gasteiger partial charge in [0.05, 0.1) is 7.11 Å². The summed E-state index contributed by atoms with van der Waals surface area (Å²) in [5.41, 5.74) is 0.197. The minimum atomic E-state index is 0.197. The molecule has 3 heteroatoms. The smallest absolute Gasteiger partial charge is 0.123 e. The minimum absolute atomic E-state index is 0.197. The molecule has 0 N–H and O–H groups in total. The van der Waals surface area contributed by atoms with Crippen molar-refractivity contribution in [3.63, 3.8) is 0 Å². The third-order valence-electron chi connectivity index (χ3n) is 3.38. The van der Waals surface area contributed by atoms with Crippen LogP contribution in [-0.2, 0) is 0 Å². The van der Waals surface area contributed by atoms with E-state index in [2.05, 4.69) is 29.8 Å². The topological polar surface area (TPSA) is 18.5 Å². The van der Waals surface area contributed by atoms with Crippen molar-refractivity contribution in [2.45, 2.75) is 31.2 Å². The van der Waals surface area contributed by atoms with Crippen molar-refractivity contribution in [1.29, 1.82) is 0 Å². The van der Waals surface area contributed by atoms with Gasteiger partial charge in [-0.2, -0.15) is 0 Å². The molecule has 0 amide bonds. The van der Waals surface area contributed by atoms with Crippen LogP contribution in [0, 0.1) is 5.41 Å². The summed E-state index contributed by atoms with van der Waals surface area (Å²) in [6, 6.07) is 7.77. The van der Waals surface area contributed by atoms with Crippen molar-refractivity contribution in [2.75, 3.05) is 7.11 Å². The molecule has 16 heavy (non-hydrogen) atoms. The SMILES string of the molecule is COc1cccc(OC2CC(Br)C2(C)C)c1. The van der Waals surface area contributed by atoms with Crippen LogP contribution >= 0.6 is 15.9 Å². The van der Waals surface area contributed by atoms with Crippen LogP contribution in [0.5, 0.6) is 11.5 Å². The summed E-state index contributed by atoms with van der Waals surface area (Å²) in [5, 5.41) is 0. The molecule has 0 spiro atoms. The van der Waals surface area contributed by atoms with E-state index in [1.807, 2.05) is 24.3 Å². The lowest BCUT2D eigenvalue weighted by Gasteiger charge is -2.48. The molecule has 0 heterocycles. The highest BCUT2D eigenvalue weighted by Crippen LogP contribution is 2.47. The quantitative estimate of drug-likeness (QED) is 0.789. The molecule has 1 aliphatic carbocycles. The summed E-state index contributed by atoms with van der Waals surface area (Å²) in [4.78, 5) is 0.551. The van der Waals surface area contributed by atoms with E-state index in [0.29, 0.717) is 4.83 Å². The summed E-state index contributed by atoms with van der Waals surface area (Å²) < 4.78 is 11.1. The van der Waals surface area contributed by atoms with E-state index in [4.69, 9.17) is 9.47 Å². The predicted molar refractivity (Wildman–Crippen MR) is 68.5 cm³/mol. The number of hydrogen-bond donors (Lipinski definition) is 0. The Balaban J connectivity index is 2.05. The van der Waals surface area contributed by atoms with E-state index in [9.17, 15) is 0 Å². The van der Waals surface area contributed by atoms with E-state index in [-0.39, 0.29) is 11.5 Å². The first kappa shape index (κ1) is 11.8. The van der Waals surface area contributed by atoms with Crippen LogP contribution in [0.15, 0.2) is 24.3 Å². The summed E-state index contributed by atoms with van der Waals surface area (Å²) in [7, 11) is 1.67. The van der Waals surface area contributed by atoms with Gasteiger partial charge in [0, 0.05) is 16.3 Å². The van der Waals surface area contributed by atoms with Crippen LogP contribution in [0.4, 0.5) is 0 Å². The second kappa shape index (κ2) is 4.28. The molecule has 2 nitrogen and oxygen atoms in total. The van der Waals surface area contributed by atoms with Crippen LogP contribution in [0.2, 0.25) is 0 Å². The molecule has 0 bridgehead atoms. The Morgan fingerprint density at radius 3 is 2.56 bits per heavy atom. The van der Waals surface area contributed by atoms with Gasteiger partial charge in [0.2, 0.25) is 0 Å². The zero-order valence-electron chi connectivity index (χ0n) is 9.87. The van der Waals surface area contributed by atoms with E-state index in [1.54, 1.807) is 7.11 Å². The maximum atomic E-state index is 5.97. The van der Waals surface area contributed by atoms with Gasteiger partial charge in [0.25, 0.3) is 0 Å². The highest BCUT2D eigenvalue weighted by molar-refractivity contribution is 9.09. The highest BCUT2D eigenvalue weighted by atomic mass is 79.9. The number of halogens is 1. The molecule has 0 radical (unpaired) electrons. The number of ether oxygens (including phenoxy) is 2. The summed E-state index contributed by atoms with van der Waals surface area (Å²) in [5.74, 6) is 1.72. The molecular formula is C13H17BrO2. The number of alkyl halides is 1. The Kier molecular flexibility index (Phi) is 3.15. The Morgan fingerprint density at radius 1 is 1.31 bits per heavy atom. The first-order valence-electron chi connectivity index (χ1n) is 5.49. The standard InChI is InChI=1S/C13H17BrO2/c1-13(2)11(14)8-12(13)16-10-6-4-5-9(7-10)15-3/h4-7,11-12H,8H2,1-3H3. The number of benzene rings is 1. The zero-order chi connectivity index (χ0) is 11.8. The first-order chi connectivity index (χ1) is 7.54. The molecule has 0 aromatic heterocycles. The predicted octanol–water partition coefficient (Wildman–Crippen LogP) is 3.64. The molecule has 0 aliphatic heterocycles. The van der Waals surface area contributed by atoms with Gasteiger partial charge in [-0.05, 0) is 18.6 Å². The molecule has 2 unspecified atom stereocenters. The molecule has 1 aromatic rings. The lowest BCUT2D eigenvalue weighted by molar-refractivity contribution is -0.00790. The monoisotopic (exact) mass is 284 g/mol. The molecule has 1 fully saturated rings. The molecule has 0 saturated heterocycles. The average Bonchev–Trinajstić information content (AvgIpc) is 2.29. The van der Waals surface area contributed by atoms with Gasteiger partial charge in [-0.1, -0.05) is 35.8 Å². The van der Waals surface area contributed by atoms with Gasteiger partial charge in [-0.25, -0.2) is 0 Å². The number of hydrogen-bond acceptors (Lipinski definition) is 2. The second-order valence-electron chi connectivity index (χ2n) is 4.81. The fraction of sp³-hybridized carbons (Fsp3) is 0.538. The zero-order valence-corrected chi connectivity index (χ0v) is 11.5. The van der Waals surface area contributed by atoms with Gasteiger partial charge < -0.3 is 9.47 Å². The van der Waals surface area contributed by atoms with Crippen molar-refractivity contribution < 1.29 is 9.47 Å². The van der Waals surface area contributed by atoms with Gasteiger partial charge in [0.15, 0.2) is 0 Å². The maximum absolute atomic E-state index is 5.97. The van der Waals surface area contributed by atoms with Crippen molar-refractivity contribution in [3.8, 4) is 11.5 Å². The Labute approximate surface area is 105 Å². The molecule has 88 valence electrons. The Hall–Kier alpha value is -0.700. The second-order valence-corrected chi connectivity index (χ2v) is 5.92. The highest BCUT2D eigenvalue weighted by Gasteiger charge is 2.48. The van der Waals surface area contributed by atoms with Crippen molar-refractivity contribution in [1.82, 2.24) is 0 Å². The van der Waals surface area contributed by atoms with Crippen molar-refractivity contribution in [3.05, 3.63) is 24.3 Å². The fourth-order valence-corrected chi connectivity index (χ4v) is 2.51. The van der Waals surface area contributed by atoms with Crippen LogP contribution in [-0.4, -0.2) is 18.0 Å². The third kappa shape index (κ3) is 2.05. The van der Waals surface area contributed by atoms with Gasteiger partial charge >= 0.3 is 0 Å². The number of rotatable bonds is 3. The summed E-state index contributed by atoms with van der Waals surface area (Å²) >= 11 is 3.66. The number of methoxy groups -OCH3 is 1. The van der Waals surface area contributed by atoms with Gasteiger partial charge in [-0.15, -0.1) is 0 Å². The van der Waals surface area contributed by atoms with Crippen LogP contribution in [0.1, 0.15) is 20.3 Å². The van der Waals surface area contributed by atoms with E-state index < -0.39 is 0 Å². The van der Waals surface area contributed by atoms with Crippen molar-refractivity contribution in [2.24, 2.45) is 5.41 Å². The Bertz CT molecular complexity index is 376. The lowest BCUT2D eigenvalue weighted by Crippen LogP contribution is -2.53. The van der Waals surface area contributed by atoms with Crippen LogP contribution in [0.3, 0.4) is 0 Å². The molecular weight excluding hydrogens is 268 g/mol. The molecule has 1 saturated carbocycles. The average molecular weight is 285 g/mol. The summed E-state index contributed by atoms with van der Waals surface area (Å²) in [6.07, 6.45) is 1.34. The van der Waals surface area contributed by atoms with E-state index >= 15 is 0 Å². The van der Waals surface area contributed by atoms with E-state index in [0.717, 1.165) is 17.9 Å². The molecule has 2 atom stereocenters. The van der Waals surface area contributed by atoms with Crippen LogP contribution in [0.25, 0.3) is 0 Å². The Morgan fingerprint density at radius 2 is 2.00 bits per heavy atom. The fourth-order valence-electron chi connectivity index (χ4n) is 1.88. The lowest BCUT2D eigenvalue weighted by atomic mass is 9.69. The van der Waals surface area contributed by atoms with Gasteiger partial charge in [-0.3, -0.25) is 0 Å². The van der Waals surface area contributed by atoms with Crippen LogP contribution < -0.4 is 9.47 Å². The minimum Gasteiger partial charge on any atom is -0.497 e. The molecule has 1 aliphatic rings.